The molecule has 1 fully saturated rings. The Morgan fingerprint density at radius 3 is 3.11 bits per heavy atom. The van der Waals surface area contributed by atoms with E-state index in [1.54, 1.807) is 0 Å². The number of nitrogens with zero attached hydrogens (tertiary/aromatic N) is 2. The van der Waals surface area contributed by atoms with Crippen LogP contribution in [0.15, 0.2) is 24.5 Å². The van der Waals surface area contributed by atoms with Crippen molar-refractivity contribution in [2.75, 3.05) is 26.2 Å². The molecule has 0 aliphatic carbocycles. The van der Waals surface area contributed by atoms with Crippen molar-refractivity contribution in [3.05, 3.63) is 30.1 Å². The molecule has 1 aromatic heterocycles. The minimum atomic E-state index is 0.554. The summed E-state index contributed by atoms with van der Waals surface area (Å²) < 4.78 is 0. The lowest BCUT2D eigenvalue weighted by molar-refractivity contribution is 0.197. The Labute approximate surface area is 111 Å². The van der Waals surface area contributed by atoms with Gasteiger partial charge in [0.05, 0.1) is 0 Å². The van der Waals surface area contributed by atoms with Crippen LogP contribution in [0.5, 0.6) is 0 Å². The molecule has 3 heteroatoms. The molecule has 2 rings (SSSR count). The Hall–Kier alpha value is -0.930. The molecule has 18 heavy (non-hydrogen) atoms. The number of pyridine rings is 1. The molecule has 0 aromatic carbocycles. The summed E-state index contributed by atoms with van der Waals surface area (Å²) in [5.74, 6) is 0. The summed E-state index contributed by atoms with van der Waals surface area (Å²) in [5.41, 5.74) is 1.38. The number of unbranched alkanes of at least 4 members (excludes halogenated alkanes) is 1. The molecule has 0 saturated carbocycles. The van der Waals surface area contributed by atoms with E-state index < -0.39 is 0 Å². The summed E-state index contributed by atoms with van der Waals surface area (Å²) in [5, 5.41) is 3.48. The second-order valence-corrected chi connectivity index (χ2v) is 5.08. The van der Waals surface area contributed by atoms with Crippen LogP contribution in [0.2, 0.25) is 0 Å². The van der Waals surface area contributed by atoms with Gasteiger partial charge in [-0.25, -0.2) is 0 Å². The van der Waals surface area contributed by atoms with E-state index >= 15 is 0 Å². The van der Waals surface area contributed by atoms with Crippen LogP contribution >= 0.6 is 0 Å². The third-order valence-electron chi connectivity index (χ3n) is 3.72. The maximum absolute atomic E-state index is 4.29. The lowest BCUT2D eigenvalue weighted by Gasteiger charge is -2.30. The average Bonchev–Trinajstić information content (AvgIpc) is 2.70. The van der Waals surface area contributed by atoms with Gasteiger partial charge in [-0.15, -0.1) is 0 Å². The highest BCUT2D eigenvalue weighted by Crippen LogP contribution is 2.26. The average molecular weight is 247 g/mol. The van der Waals surface area contributed by atoms with Crippen molar-refractivity contribution in [3.8, 4) is 0 Å². The van der Waals surface area contributed by atoms with Gasteiger partial charge < -0.3 is 5.32 Å². The third kappa shape index (κ3) is 3.79. The van der Waals surface area contributed by atoms with Crippen molar-refractivity contribution >= 4 is 0 Å². The van der Waals surface area contributed by atoms with Crippen LogP contribution in [0.3, 0.4) is 0 Å². The Kier molecular flexibility index (Phi) is 5.62. The molecule has 1 saturated heterocycles. The number of hydrogen-bond acceptors (Lipinski definition) is 3. The molecule has 2 heterocycles. The number of nitrogens with one attached hydrogen (secondary N) is 1. The first-order valence-corrected chi connectivity index (χ1v) is 7.26. The van der Waals surface area contributed by atoms with E-state index in [4.69, 9.17) is 0 Å². The molecule has 0 amide bonds. The van der Waals surface area contributed by atoms with Crippen LogP contribution in [0.25, 0.3) is 0 Å². The standard InChI is InChI=1S/C15H25N3/c1-2-3-7-15(14-6-4-8-17-13-14)18-11-5-9-16-10-12-18/h4,6,8,13,15-16H,2-3,5,7,9-12H2,1H3. The topological polar surface area (TPSA) is 28.2 Å². The Morgan fingerprint density at radius 2 is 2.33 bits per heavy atom. The molecule has 1 aliphatic rings. The zero-order valence-corrected chi connectivity index (χ0v) is 11.4. The summed E-state index contributed by atoms with van der Waals surface area (Å²) in [4.78, 5) is 6.92. The van der Waals surface area contributed by atoms with E-state index in [9.17, 15) is 0 Å². The SMILES string of the molecule is CCCCC(c1cccnc1)N1CCCNCC1. The molecule has 0 radical (unpaired) electrons. The Balaban J connectivity index is 2.08. The fraction of sp³-hybridized carbons (Fsp3) is 0.667. The predicted octanol–water partition coefficient (Wildman–Crippen LogP) is 2.61. The lowest BCUT2D eigenvalue weighted by atomic mass is 10.0. The monoisotopic (exact) mass is 247 g/mol. The van der Waals surface area contributed by atoms with Crippen LogP contribution in [-0.2, 0) is 0 Å². The molecule has 1 unspecified atom stereocenters. The molecule has 1 atom stereocenters. The maximum atomic E-state index is 4.29. The van der Waals surface area contributed by atoms with Crippen LogP contribution in [0.4, 0.5) is 0 Å². The maximum Gasteiger partial charge on any atom is 0.0363 e. The predicted molar refractivity (Wildman–Crippen MR) is 75.6 cm³/mol. The highest BCUT2D eigenvalue weighted by atomic mass is 15.2. The molecule has 1 N–H and O–H groups in total. The van der Waals surface area contributed by atoms with Crippen molar-refractivity contribution in [1.82, 2.24) is 15.2 Å². The van der Waals surface area contributed by atoms with E-state index in [1.807, 2.05) is 12.4 Å². The molecule has 1 aromatic rings. The van der Waals surface area contributed by atoms with Crippen LogP contribution < -0.4 is 5.32 Å². The van der Waals surface area contributed by atoms with Gasteiger partial charge in [0.15, 0.2) is 0 Å². The molecule has 0 bridgehead atoms. The van der Waals surface area contributed by atoms with Crippen LogP contribution in [0.1, 0.15) is 44.2 Å². The summed E-state index contributed by atoms with van der Waals surface area (Å²) in [6.45, 7) is 6.90. The number of rotatable bonds is 5. The Morgan fingerprint density at radius 1 is 1.39 bits per heavy atom. The summed E-state index contributed by atoms with van der Waals surface area (Å²) in [6.07, 6.45) is 8.97. The van der Waals surface area contributed by atoms with Crippen molar-refractivity contribution in [3.63, 3.8) is 0 Å². The highest BCUT2D eigenvalue weighted by Gasteiger charge is 2.20. The van der Waals surface area contributed by atoms with Gasteiger partial charge in [0.1, 0.15) is 0 Å². The van der Waals surface area contributed by atoms with E-state index in [0.29, 0.717) is 6.04 Å². The van der Waals surface area contributed by atoms with Crippen LogP contribution in [-0.4, -0.2) is 36.1 Å². The summed E-state index contributed by atoms with van der Waals surface area (Å²) in [6, 6.07) is 4.84. The van der Waals surface area contributed by atoms with Gasteiger partial charge in [-0.3, -0.25) is 9.88 Å². The first-order chi connectivity index (χ1) is 8.92. The minimum absolute atomic E-state index is 0.554. The lowest BCUT2D eigenvalue weighted by Crippen LogP contribution is -2.32. The first kappa shape index (κ1) is 13.5. The van der Waals surface area contributed by atoms with E-state index in [2.05, 4.69) is 34.3 Å². The Bertz CT molecular complexity index is 318. The second-order valence-electron chi connectivity index (χ2n) is 5.08. The zero-order valence-electron chi connectivity index (χ0n) is 11.4. The first-order valence-electron chi connectivity index (χ1n) is 7.26. The van der Waals surface area contributed by atoms with Crippen molar-refractivity contribution < 1.29 is 0 Å². The van der Waals surface area contributed by atoms with Crippen molar-refractivity contribution in [2.24, 2.45) is 0 Å². The molecule has 1 aliphatic heterocycles. The number of hydrogen-bond donors (Lipinski definition) is 1. The molecule has 100 valence electrons. The molecular weight excluding hydrogens is 222 g/mol. The zero-order chi connectivity index (χ0) is 12.6. The van der Waals surface area contributed by atoms with Gasteiger partial charge in [0.25, 0.3) is 0 Å². The van der Waals surface area contributed by atoms with Crippen molar-refractivity contribution in [2.45, 2.75) is 38.6 Å². The minimum Gasteiger partial charge on any atom is -0.315 e. The molecule has 0 spiro atoms. The van der Waals surface area contributed by atoms with E-state index in [0.717, 1.165) is 19.6 Å². The number of aromatic nitrogens is 1. The second kappa shape index (κ2) is 7.49. The van der Waals surface area contributed by atoms with E-state index in [-0.39, 0.29) is 0 Å². The van der Waals surface area contributed by atoms with Crippen LogP contribution in [0, 0.1) is 0 Å². The van der Waals surface area contributed by atoms with Gasteiger partial charge in [-0.2, -0.15) is 0 Å². The van der Waals surface area contributed by atoms with E-state index in [1.165, 1.54) is 37.8 Å². The van der Waals surface area contributed by atoms with Gasteiger partial charge >= 0.3 is 0 Å². The molecular formula is C15H25N3. The van der Waals surface area contributed by atoms with Gasteiger partial charge in [-0.1, -0.05) is 25.8 Å². The summed E-state index contributed by atoms with van der Waals surface area (Å²) >= 11 is 0. The molecule has 3 nitrogen and oxygen atoms in total. The normalized spacial score (nSPS) is 19.4. The fourth-order valence-corrected chi connectivity index (χ4v) is 2.71. The highest BCUT2D eigenvalue weighted by molar-refractivity contribution is 5.14. The van der Waals surface area contributed by atoms with Gasteiger partial charge in [0, 0.05) is 38.1 Å². The van der Waals surface area contributed by atoms with Gasteiger partial charge in [-0.05, 0) is 31.0 Å². The van der Waals surface area contributed by atoms with Crippen molar-refractivity contribution in [1.29, 1.82) is 0 Å². The largest absolute Gasteiger partial charge is 0.315 e. The fourth-order valence-electron chi connectivity index (χ4n) is 2.71. The third-order valence-corrected chi connectivity index (χ3v) is 3.72. The smallest absolute Gasteiger partial charge is 0.0363 e. The summed E-state index contributed by atoms with van der Waals surface area (Å²) in [7, 11) is 0. The quantitative estimate of drug-likeness (QED) is 0.867. The van der Waals surface area contributed by atoms with Gasteiger partial charge in [0.2, 0.25) is 0 Å².